The molecule has 3 rings (SSSR count). The summed E-state index contributed by atoms with van der Waals surface area (Å²) in [5.74, 6) is 5.64. The van der Waals surface area contributed by atoms with Gasteiger partial charge in [0.05, 0.1) is 17.1 Å². The minimum Gasteiger partial charge on any atom is -0.350 e. The predicted molar refractivity (Wildman–Crippen MR) is 171 cm³/mol. The first-order valence-electron chi connectivity index (χ1n) is 14.8. The summed E-state index contributed by atoms with van der Waals surface area (Å²) in [7, 11) is -4.25. The summed E-state index contributed by atoms with van der Waals surface area (Å²) in [6.07, 6.45) is 5.91. The minimum absolute atomic E-state index is 0.0291. The first-order valence-corrected chi connectivity index (χ1v) is 16.3. The molecule has 44 heavy (non-hydrogen) atoms. The normalized spacial score (nSPS) is 22.0. The average molecular weight is 636 g/mol. The maximum Gasteiger partial charge on any atom is 0.268 e. The molecule has 1 aliphatic heterocycles. The van der Waals surface area contributed by atoms with Crippen LogP contribution in [0.25, 0.3) is 0 Å². The first kappa shape index (κ1) is 35.4. The van der Waals surface area contributed by atoms with Gasteiger partial charge in [-0.3, -0.25) is 9.80 Å². The van der Waals surface area contributed by atoms with E-state index in [4.69, 9.17) is 10.6 Å². The van der Waals surface area contributed by atoms with E-state index in [1.54, 1.807) is 0 Å². The lowest BCUT2D eigenvalue weighted by atomic mass is 9.95. The van der Waals surface area contributed by atoms with Crippen LogP contribution in [0.5, 0.6) is 0 Å². The Balaban J connectivity index is 1.86. The summed E-state index contributed by atoms with van der Waals surface area (Å²) in [6, 6.07) is 2.90. The molecule has 0 radical (unpaired) electrons. The highest BCUT2D eigenvalue weighted by molar-refractivity contribution is 7.93. The third-order valence-corrected chi connectivity index (χ3v) is 11.0. The number of hydrazine groups is 1. The van der Waals surface area contributed by atoms with Crippen molar-refractivity contribution in [1.82, 2.24) is 9.71 Å². The summed E-state index contributed by atoms with van der Waals surface area (Å²) in [5.41, 5.74) is -0.226. The number of carbonyl (C=O) groups excluding carboxylic acids is 1. The van der Waals surface area contributed by atoms with Crippen molar-refractivity contribution in [2.75, 3.05) is 23.1 Å². The van der Waals surface area contributed by atoms with Gasteiger partial charge >= 0.3 is 0 Å². The number of alkyl halides is 1. The summed E-state index contributed by atoms with van der Waals surface area (Å²) >= 11 is 0. The Morgan fingerprint density at radius 2 is 1.91 bits per heavy atom. The summed E-state index contributed by atoms with van der Waals surface area (Å²) in [5, 5.41) is 1.13. The van der Waals surface area contributed by atoms with Gasteiger partial charge in [-0.05, 0) is 80.2 Å². The van der Waals surface area contributed by atoms with Crippen LogP contribution in [0, 0.1) is 22.7 Å². The monoisotopic (exact) mass is 635 g/mol. The summed E-state index contributed by atoms with van der Waals surface area (Å²) in [4.78, 5) is 19.8. The second-order valence-electron chi connectivity index (χ2n) is 13.4. The lowest BCUT2D eigenvalue weighted by molar-refractivity contribution is -0.0144. The lowest BCUT2D eigenvalue weighted by Crippen LogP contribution is -2.41. The van der Waals surface area contributed by atoms with Gasteiger partial charge < -0.3 is 9.64 Å². The molecule has 1 amide bonds. The van der Waals surface area contributed by atoms with E-state index in [1.807, 2.05) is 18.7 Å². The van der Waals surface area contributed by atoms with Crippen LogP contribution in [-0.4, -0.2) is 44.4 Å². The standard InChI is InChI=1S/C32H47F2N5O4S/c1-10-23-18-30(4,5)38(19-23)28-24(29(40)37-44(41,42)22(3)13-11-12-21(2)33)14-15-27(36-28)39(35)17-16-26(34)43-20-25-31(6,7)32(25,8)9/h11-17,23,25-26H,2,10,18-20,35H2,1,3-9H3,(H,37,40)/b12-11-,17-16-,22-13+/t23?,26-/m1/s1. The fourth-order valence-corrected chi connectivity index (χ4v) is 6.64. The molecule has 0 bridgehead atoms. The van der Waals surface area contributed by atoms with Gasteiger partial charge in [0.15, 0.2) is 0 Å². The lowest BCUT2D eigenvalue weighted by Gasteiger charge is -2.34. The first-order chi connectivity index (χ1) is 20.2. The van der Waals surface area contributed by atoms with Gasteiger partial charge in [-0.25, -0.2) is 32.7 Å². The van der Waals surface area contributed by atoms with Crippen LogP contribution in [0.4, 0.5) is 20.4 Å². The number of halogens is 2. The van der Waals surface area contributed by atoms with Crippen molar-refractivity contribution in [3.63, 3.8) is 0 Å². The van der Waals surface area contributed by atoms with Crippen molar-refractivity contribution in [3.05, 3.63) is 65.5 Å². The van der Waals surface area contributed by atoms with Crippen molar-refractivity contribution < 1.29 is 26.7 Å². The molecule has 2 fully saturated rings. The van der Waals surface area contributed by atoms with Gasteiger partial charge in [-0.2, -0.15) is 0 Å². The molecule has 2 atom stereocenters. The molecule has 12 heteroatoms. The molecule has 1 saturated heterocycles. The molecule has 3 N–H and O–H groups in total. The van der Waals surface area contributed by atoms with E-state index < -0.39 is 33.7 Å². The van der Waals surface area contributed by atoms with Gasteiger partial charge in [0, 0.05) is 18.3 Å². The van der Waals surface area contributed by atoms with Gasteiger partial charge in [0.1, 0.15) is 17.5 Å². The number of hydrogen-bond acceptors (Lipinski definition) is 8. The fraction of sp³-hybridized carbons (Fsp3) is 0.562. The van der Waals surface area contributed by atoms with Gasteiger partial charge in [0.2, 0.25) is 6.36 Å². The molecule has 1 aromatic rings. The molecule has 0 aromatic carbocycles. The zero-order valence-corrected chi connectivity index (χ0v) is 27.8. The topological polar surface area (TPSA) is 118 Å². The number of allylic oxidation sites excluding steroid dienone is 5. The fourth-order valence-electron chi connectivity index (χ4n) is 5.86. The highest BCUT2D eigenvalue weighted by atomic mass is 32.2. The van der Waals surface area contributed by atoms with Gasteiger partial charge in [0.25, 0.3) is 15.9 Å². The number of pyridine rings is 1. The van der Waals surface area contributed by atoms with Crippen LogP contribution in [0.3, 0.4) is 0 Å². The van der Waals surface area contributed by atoms with E-state index in [0.29, 0.717) is 12.5 Å². The minimum atomic E-state index is -4.25. The average Bonchev–Trinajstić information content (AvgIpc) is 3.14. The number of aromatic nitrogens is 1. The van der Waals surface area contributed by atoms with Crippen molar-refractivity contribution in [2.24, 2.45) is 28.5 Å². The van der Waals surface area contributed by atoms with E-state index >= 15 is 0 Å². The van der Waals surface area contributed by atoms with Gasteiger partial charge in [-0.1, -0.05) is 53.7 Å². The van der Waals surface area contributed by atoms with Crippen molar-refractivity contribution in [3.8, 4) is 0 Å². The molecule has 1 aliphatic carbocycles. The van der Waals surface area contributed by atoms with Crippen LogP contribution in [-0.2, 0) is 14.8 Å². The quantitative estimate of drug-likeness (QED) is 0.148. The Morgan fingerprint density at radius 3 is 2.45 bits per heavy atom. The largest absolute Gasteiger partial charge is 0.350 e. The predicted octanol–water partition coefficient (Wildman–Crippen LogP) is 6.29. The highest BCUT2D eigenvalue weighted by Gasteiger charge is 2.64. The summed E-state index contributed by atoms with van der Waals surface area (Å²) < 4.78 is 60.8. The Hall–Kier alpha value is -3.09. The number of ether oxygens (including phenoxy) is 1. The van der Waals surface area contributed by atoms with Crippen LogP contribution < -0.4 is 20.5 Å². The number of carbonyl (C=O) groups is 1. The molecule has 0 spiro atoms. The van der Waals surface area contributed by atoms with Crippen LogP contribution in [0.15, 0.2) is 59.9 Å². The Kier molecular flexibility index (Phi) is 10.5. The Labute approximate surface area is 260 Å². The van der Waals surface area contributed by atoms with Crippen LogP contribution >= 0.6 is 0 Å². The number of nitrogens with two attached hydrogens (primary N) is 1. The Bertz CT molecular complexity index is 1440. The molecule has 244 valence electrons. The van der Waals surface area contributed by atoms with Crippen molar-refractivity contribution in [2.45, 2.75) is 80.1 Å². The smallest absolute Gasteiger partial charge is 0.268 e. The van der Waals surface area contributed by atoms with Gasteiger partial charge in [-0.15, -0.1) is 0 Å². The number of nitrogens with zero attached hydrogens (tertiary/aromatic N) is 3. The highest BCUT2D eigenvalue weighted by Crippen LogP contribution is 2.68. The van der Waals surface area contributed by atoms with E-state index in [1.165, 1.54) is 37.4 Å². The van der Waals surface area contributed by atoms with Crippen LogP contribution in [0.1, 0.15) is 78.6 Å². The zero-order valence-electron chi connectivity index (χ0n) is 27.0. The molecule has 2 heterocycles. The van der Waals surface area contributed by atoms with Crippen molar-refractivity contribution >= 4 is 27.6 Å². The number of nitrogens with one attached hydrogen (secondary N) is 1. The molecule has 1 aromatic heterocycles. The molecule has 2 aliphatic rings. The summed E-state index contributed by atoms with van der Waals surface area (Å²) in [6.45, 7) is 19.9. The molecule has 1 unspecified atom stereocenters. The number of sulfonamides is 1. The number of hydrogen-bond donors (Lipinski definition) is 2. The zero-order chi connectivity index (χ0) is 33.3. The number of anilines is 2. The SMILES string of the molecule is C=C(F)/C=C\C=C(/C)S(=O)(=O)NC(=O)c1ccc(N(N)/C=C\[C@H](F)OCC2C(C)(C)C2(C)C)nc1N1CC(CC)CC1(C)C. The maximum absolute atomic E-state index is 14.6. The van der Waals surface area contributed by atoms with Crippen molar-refractivity contribution in [1.29, 1.82) is 0 Å². The van der Waals surface area contributed by atoms with E-state index in [9.17, 15) is 22.0 Å². The van der Waals surface area contributed by atoms with E-state index in [-0.39, 0.29) is 45.5 Å². The maximum atomic E-state index is 14.6. The molecular weight excluding hydrogens is 588 g/mol. The Morgan fingerprint density at radius 1 is 1.27 bits per heavy atom. The molecule has 1 saturated carbocycles. The van der Waals surface area contributed by atoms with Crippen LogP contribution in [0.2, 0.25) is 0 Å². The second kappa shape index (κ2) is 13.1. The third kappa shape index (κ3) is 7.76. The van der Waals surface area contributed by atoms with E-state index in [2.05, 4.69) is 50.9 Å². The number of rotatable bonds is 13. The second-order valence-corrected chi connectivity index (χ2v) is 15.2. The van der Waals surface area contributed by atoms with E-state index in [0.717, 1.165) is 30.0 Å². The molecule has 9 nitrogen and oxygen atoms in total. The molecular formula is C32H47F2N5O4S. The number of amides is 1. The third-order valence-electron chi connectivity index (χ3n) is 9.56.